The number of rotatable bonds is 5. The highest BCUT2D eigenvalue weighted by Gasteiger charge is 2.29. The third-order valence-electron chi connectivity index (χ3n) is 4.88. The lowest BCUT2D eigenvalue weighted by Crippen LogP contribution is -2.45. The monoisotopic (exact) mass is 374 g/mol. The molecule has 2 rings (SSSR count). The van der Waals surface area contributed by atoms with Crippen LogP contribution in [0.3, 0.4) is 0 Å². The van der Waals surface area contributed by atoms with Crippen molar-refractivity contribution >= 4 is 12.0 Å². The Morgan fingerprint density at radius 1 is 1.15 bits per heavy atom. The third kappa shape index (κ3) is 6.89. The zero-order valence-corrected chi connectivity index (χ0v) is 17.4. The molecule has 1 aromatic carbocycles. The van der Waals surface area contributed by atoms with Crippen LogP contribution in [0.5, 0.6) is 0 Å². The fourth-order valence-corrected chi connectivity index (χ4v) is 3.19. The Morgan fingerprint density at radius 3 is 2.26 bits per heavy atom. The van der Waals surface area contributed by atoms with Crippen molar-refractivity contribution in [2.75, 3.05) is 19.6 Å². The highest BCUT2D eigenvalue weighted by molar-refractivity contribution is 5.79. The summed E-state index contributed by atoms with van der Waals surface area (Å²) in [5, 5.41) is 3.05. The molecule has 1 aromatic rings. The highest BCUT2D eigenvalue weighted by atomic mass is 16.6. The Bertz CT molecular complexity index is 624. The summed E-state index contributed by atoms with van der Waals surface area (Å²) >= 11 is 0. The molecule has 27 heavy (non-hydrogen) atoms. The van der Waals surface area contributed by atoms with Crippen LogP contribution in [-0.2, 0) is 16.0 Å². The summed E-state index contributed by atoms with van der Waals surface area (Å²) in [5.74, 6) is 0.606. The number of hydrogen-bond acceptors (Lipinski definition) is 3. The SMILES string of the molecule is CC(C)c1ccc(CCNC(=O)C2CCN(C(=O)OC(C)(C)C)CC2)cc1. The van der Waals surface area contributed by atoms with Crippen molar-refractivity contribution in [3.8, 4) is 0 Å². The summed E-state index contributed by atoms with van der Waals surface area (Å²) in [6, 6.07) is 8.60. The van der Waals surface area contributed by atoms with Crippen molar-refractivity contribution in [2.45, 2.75) is 65.4 Å². The minimum Gasteiger partial charge on any atom is -0.444 e. The van der Waals surface area contributed by atoms with Crippen LogP contribution in [0.15, 0.2) is 24.3 Å². The van der Waals surface area contributed by atoms with E-state index in [-0.39, 0.29) is 17.9 Å². The molecule has 1 aliphatic rings. The maximum absolute atomic E-state index is 12.4. The van der Waals surface area contributed by atoms with E-state index in [1.54, 1.807) is 4.90 Å². The first-order valence-corrected chi connectivity index (χ1v) is 10.00. The largest absolute Gasteiger partial charge is 0.444 e. The number of carbonyl (C=O) groups excluding carboxylic acids is 2. The molecule has 1 N–H and O–H groups in total. The first-order chi connectivity index (χ1) is 12.7. The van der Waals surface area contributed by atoms with Crippen LogP contribution in [0.1, 0.15) is 64.5 Å². The first kappa shape index (κ1) is 21.3. The number of benzene rings is 1. The maximum atomic E-state index is 12.4. The zero-order valence-electron chi connectivity index (χ0n) is 17.4. The number of ether oxygens (including phenoxy) is 1. The number of likely N-dealkylation sites (tertiary alicyclic amines) is 1. The van der Waals surface area contributed by atoms with Crippen LogP contribution in [-0.4, -0.2) is 42.1 Å². The van der Waals surface area contributed by atoms with E-state index >= 15 is 0 Å². The van der Waals surface area contributed by atoms with E-state index < -0.39 is 5.60 Å². The van der Waals surface area contributed by atoms with E-state index in [0.717, 1.165) is 6.42 Å². The Kier molecular flexibility index (Phi) is 7.28. The van der Waals surface area contributed by atoms with E-state index in [9.17, 15) is 9.59 Å². The molecule has 0 saturated carbocycles. The second-order valence-electron chi connectivity index (χ2n) is 8.68. The number of nitrogens with zero attached hydrogens (tertiary/aromatic N) is 1. The summed E-state index contributed by atoms with van der Waals surface area (Å²) < 4.78 is 5.40. The van der Waals surface area contributed by atoms with Gasteiger partial charge < -0.3 is 15.0 Å². The molecule has 5 heteroatoms. The molecule has 5 nitrogen and oxygen atoms in total. The van der Waals surface area contributed by atoms with E-state index in [1.807, 2.05) is 20.8 Å². The Morgan fingerprint density at radius 2 is 1.74 bits per heavy atom. The highest BCUT2D eigenvalue weighted by Crippen LogP contribution is 2.20. The van der Waals surface area contributed by atoms with E-state index in [4.69, 9.17) is 4.74 Å². The van der Waals surface area contributed by atoms with E-state index in [1.165, 1.54) is 11.1 Å². The summed E-state index contributed by atoms with van der Waals surface area (Å²) in [5.41, 5.74) is 2.08. The van der Waals surface area contributed by atoms with Gasteiger partial charge in [0.1, 0.15) is 5.60 Å². The van der Waals surface area contributed by atoms with Crippen LogP contribution in [0, 0.1) is 5.92 Å². The average molecular weight is 375 g/mol. The molecule has 150 valence electrons. The fraction of sp³-hybridized carbons (Fsp3) is 0.636. The Balaban J connectivity index is 1.71. The van der Waals surface area contributed by atoms with Crippen LogP contribution < -0.4 is 5.32 Å². The van der Waals surface area contributed by atoms with Gasteiger partial charge in [0.25, 0.3) is 0 Å². The smallest absolute Gasteiger partial charge is 0.410 e. The molecule has 1 saturated heterocycles. The van der Waals surface area contributed by atoms with Crippen LogP contribution in [0.25, 0.3) is 0 Å². The molecule has 0 radical (unpaired) electrons. The lowest BCUT2D eigenvalue weighted by molar-refractivity contribution is -0.126. The van der Waals surface area contributed by atoms with Crippen molar-refractivity contribution in [3.63, 3.8) is 0 Å². The lowest BCUT2D eigenvalue weighted by atomic mass is 9.96. The zero-order chi connectivity index (χ0) is 20.0. The van der Waals surface area contributed by atoms with Gasteiger partial charge in [-0.2, -0.15) is 0 Å². The van der Waals surface area contributed by atoms with Crippen molar-refractivity contribution < 1.29 is 14.3 Å². The minimum atomic E-state index is -0.487. The number of hydrogen-bond donors (Lipinski definition) is 1. The van der Waals surface area contributed by atoms with Gasteiger partial charge >= 0.3 is 6.09 Å². The number of amides is 2. The number of piperidine rings is 1. The predicted molar refractivity (Wildman–Crippen MR) is 108 cm³/mol. The van der Waals surface area contributed by atoms with Gasteiger partial charge in [-0.3, -0.25) is 4.79 Å². The number of nitrogens with one attached hydrogen (secondary N) is 1. The average Bonchev–Trinajstić information content (AvgIpc) is 2.60. The molecular weight excluding hydrogens is 340 g/mol. The molecule has 0 bridgehead atoms. The normalized spacial score (nSPS) is 15.7. The van der Waals surface area contributed by atoms with Crippen LogP contribution in [0.2, 0.25) is 0 Å². The molecule has 1 aliphatic heterocycles. The maximum Gasteiger partial charge on any atom is 0.410 e. The van der Waals surface area contributed by atoms with Gasteiger partial charge in [-0.15, -0.1) is 0 Å². The van der Waals surface area contributed by atoms with E-state index in [0.29, 0.717) is 38.4 Å². The van der Waals surface area contributed by atoms with Gasteiger partial charge in [0, 0.05) is 25.6 Å². The van der Waals surface area contributed by atoms with Gasteiger partial charge in [0.05, 0.1) is 0 Å². The third-order valence-corrected chi connectivity index (χ3v) is 4.88. The van der Waals surface area contributed by atoms with Crippen LogP contribution >= 0.6 is 0 Å². The summed E-state index contributed by atoms with van der Waals surface area (Å²) in [4.78, 5) is 26.2. The summed E-state index contributed by atoms with van der Waals surface area (Å²) in [6.07, 6.45) is 1.93. The molecule has 0 atom stereocenters. The number of carbonyl (C=O) groups is 2. The lowest BCUT2D eigenvalue weighted by Gasteiger charge is -2.32. The van der Waals surface area contributed by atoms with Crippen molar-refractivity contribution in [2.24, 2.45) is 5.92 Å². The first-order valence-electron chi connectivity index (χ1n) is 10.00. The quantitative estimate of drug-likeness (QED) is 0.843. The molecule has 0 aliphatic carbocycles. The van der Waals surface area contributed by atoms with Crippen molar-refractivity contribution in [1.82, 2.24) is 10.2 Å². The van der Waals surface area contributed by atoms with Gasteiger partial charge in [-0.05, 0) is 57.1 Å². The van der Waals surface area contributed by atoms with Gasteiger partial charge in [-0.1, -0.05) is 38.1 Å². The minimum absolute atomic E-state index is 0.0213. The van der Waals surface area contributed by atoms with Gasteiger partial charge in [0.15, 0.2) is 0 Å². The standard InChI is InChI=1S/C22H34N2O3/c1-16(2)18-8-6-17(7-9-18)10-13-23-20(25)19-11-14-24(15-12-19)21(26)27-22(3,4)5/h6-9,16,19H,10-15H2,1-5H3,(H,23,25). The van der Waals surface area contributed by atoms with Crippen molar-refractivity contribution in [1.29, 1.82) is 0 Å². The Labute approximate surface area is 163 Å². The molecule has 2 amide bonds. The fourth-order valence-electron chi connectivity index (χ4n) is 3.19. The molecule has 0 unspecified atom stereocenters. The van der Waals surface area contributed by atoms with Gasteiger partial charge in [-0.25, -0.2) is 4.79 Å². The molecule has 1 fully saturated rings. The van der Waals surface area contributed by atoms with Crippen molar-refractivity contribution in [3.05, 3.63) is 35.4 Å². The molecule has 0 aromatic heterocycles. The van der Waals surface area contributed by atoms with Crippen LogP contribution in [0.4, 0.5) is 4.79 Å². The summed E-state index contributed by atoms with van der Waals surface area (Å²) in [7, 11) is 0. The molecule has 0 spiro atoms. The second kappa shape index (κ2) is 9.25. The Hall–Kier alpha value is -2.04. The molecular formula is C22H34N2O3. The second-order valence-corrected chi connectivity index (χ2v) is 8.68. The molecule has 1 heterocycles. The summed E-state index contributed by atoms with van der Waals surface area (Å²) in [6.45, 7) is 11.7. The van der Waals surface area contributed by atoms with E-state index in [2.05, 4.69) is 43.4 Å². The predicted octanol–water partition coefficient (Wildman–Crippen LogP) is 4.12. The topological polar surface area (TPSA) is 58.6 Å². The van der Waals surface area contributed by atoms with Gasteiger partial charge in [0.2, 0.25) is 5.91 Å².